The number of benzene rings is 2. The van der Waals surface area contributed by atoms with Gasteiger partial charge in [0.05, 0.1) is 5.56 Å². The Morgan fingerprint density at radius 1 is 1.17 bits per heavy atom. The molecule has 1 unspecified atom stereocenters. The molecule has 1 aromatic heterocycles. The standard InChI is InChI=1S/C20H14ClF2N3O2S/c21-14-4-2-1-3-10(14)9-29-20-25-18-17(19(28)26-20)13(8-16(27)24-18)12-6-5-11(22)7-15(12)23/h1-7,13H,8-9H2,(H2,24,25,26,27,28). The Morgan fingerprint density at radius 3 is 2.72 bits per heavy atom. The van der Waals surface area contributed by atoms with E-state index in [4.69, 9.17) is 11.6 Å². The number of hydrogen-bond acceptors (Lipinski definition) is 4. The Labute approximate surface area is 173 Å². The number of halogens is 3. The second kappa shape index (κ2) is 7.96. The van der Waals surface area contributed by atoms with E-state index >= 15 is 0 Å². The van der Waals surface area contributed by atoms with E-state index in [0.29, 0.717) is 15.9 Å². The number of carbonyl (C=O) groups excluding carboxylic acids is 1. The molecular weight excluding hydrogens is 420 g/mol. The molecular formula is C20H14ClF2N3O2S. The monoisotopic (exact) mass is 433 g/mol. The fraction of sp³-hybridized carbons (Fsp3) is 0.150. The Kier molecular flexibility index (Phi) is 5.38. The lowest BCUT2D eigenvalue weighted by Crippen LogP contribution is -2.31. The Hall–Kier alpha value is -2.71. The predicted octanol–water partition coefficient (Wildman–Crippen LogP) is 4.47. The molecule has 2 N–H and O–H groups in total. The van der Waals surface area contributed by atoms with Gasteiger partial charge < -0.3 is 10.3 Å². The molecule has 1 atom stereocenters. The molecule has 2 heterocycles. The van der Waals surface area contributed by atoms with E-state index in [9.17, 15) is 18.4 Å². The van der Waals surface area contributed by atoms with Crippen molar-refractivity contribution in [3.8, 4) is 0 Å². The van der Waals surface area contributed by atoms with E-state index in [-0.39, 0.29) is 23.4 Å². The summed E-state index contributed by atoms with van der Waals surface area (Å²) in [6.45, 7) is 0. The fourth-order valence-corrected chi connectivity index (χ4v) is 4.38. The van der Waals surface area contributed by atoms with Gasteiger partial charge in [0, 0.05) is 29.2 Å². The summed E-state index contributed by atoms with van der Waals surface area (Å²) < 4.78 is 27.6. The second-order valence-corrected chi connectivity index (χ2v) is 7.86. The molecule has 4 rings (SSSR count). The average molecular weight is 434 g/mol. The first kappa shape index (κ1) is 19.6. The molecule has 1 aliphatic rings. The molecule has 29 heavy (non-hydrogen) atoms. The number of aromatic amines is 1. The number of H-pyrrole nitrogens is 1. The normalized spacial score (nSPS) is 15.7. The smallest absolute Gasteiger partial charge is 0.257 e. The van der Waals surface area contributed by atoms with Crippen molar-refractivity contribution < 1.29 is 13.6 Å². The van der Waals surface area contributed by atoms with Gasteiger partial charge in [0.15, 0.2) is 5.16 Å². The lowest BCUT2D eigenvalue weighted by atomic mass is 9.86. The van der Waals surface area contributed by atoms with Crippen LogP contribution in [-0.4, -0.2) is 15.9 Å². The van der Waals surface area contributed by atoms with Crippen LogP contribution in [0.2, 0.25) is 5.02 Å². The zero-order chi connectivity index (χ0) is 20.5. The van der Waals surface area contributed by atoms with Crippen molar-refractivity contribution >= 4 is 35.1 Å². The van der Waals surface area contributed by atoms with Crippen LogP contribution < -0.4 is 10.9 Å². The fourth-order valence-electron chi connectivity index (χ4n) is 3.23. The van der Waals surface area contributed by atoms with Gasteiger partial charge in [0.2, 0.25) is 5.91 Å². The van der Waals surface area contributed by atoms with Gasteiger partial charge in [0.1, 0.15) is 17.5 Å². The summed E-state index contributed by atoms with van der Waals surface area (Å²) in [4.78, 5) is 31.9. The average Bonchev–Trinajstić information content (AvgIpc) is 2.66. The molecule has 0 saturated heterocycles. The zero-order valence-electron chi connectivity index (χ0n) is 14.8. The summed E-state index contributed by atoms with van der Waals surface area (Å²) in [5.74, 6) is -2.24. The molecule has 5 nitrogen and oxygen atoms in total. The van der Waals surface area contributed by atoms with Crippen LogP contribution in [0.3, 0.4) is 0 Å². The van der Waals surface area contributed by atoms with Crippen LogP contribution in [0.25, 0.3) is 0 Å². The van der Waals surface area contributed by atoms with Gasteiger partial charge in [-0.3, -0.25) is 9.59 Å². The minimum absolute atomic E-state index is 0.0753. The third kappa shape index (κ3) is 4.04. The van der Waals surface area contributed by atoms with E-state index in [1.165, 1.54) is 17.8 Å². The first-order valence-corrected chi connectivity index (χ1v) is 10.0. The minimum Gasteiger partial charge on any atom is -0.310 e. The molecule has 0 radical (unpaired) electrons. The van der Waals surface area contributed by atoms with Crippen molar-refractivity contribution in [3.05, 3.63) is 86.2 Å². The number of amides is 1. The number of fused-ring (bicyclic) bond motifs is 1. The number of anilines is 1. The summed E-state index contributed by atoms with van der Waals surface area (Å²) in [5, 5.41) is 3.47. The van der Waals surface area contributed by atoms with Crippen molar-refractivity contribution in [1.82, 2.24) is 9.97 Å². The number of nitrogens with zero attached hydrogens (tertiary/aromatic N) is 1. The lowest BCUT2D eigenvalue weighted by molar-refractivity contribution is -0.116. The van der Waals surface area contributed by atoms with Crippen LogP contribution in [0.15, 0.2) is 52.4 Å². The van der Waals surface area contributed by atoms with Crippen molar-refractivity contribution in [2.75, 3.05) is 5.32 Å². The molecule has 148 valence electrons. The highest BCUT2D eigenvalue weighted by Gasteiger charge is 2.32. The number of thioether (sulfide) groups is 1. The van der Waals surface area contributed by atoms with Crippen LogP contribution in [0, 0.1) is 11.6 Å². The highest BCUT2D eigenvalue weighted by Crippen LogP contribution is 2.36. The van der Waals surface area contributed by atoms with Gasteiger partial charge in [-0.1, -0.05) is 47.6 Å². The first-order valence-electron chi connectivity index (χ1n) is 8.67. The van der Waals surface area contributed by atoms with Crippen LogP contribution >= 0.6 is 23.4 Å². The highest BCUT2D eigenvalue weighted by molar-refractivity contribution is 7.98. The van der Waals surface area contributed by atoms with E-state index in [1.54, 1.807) is 6.07 Å². The SMILES string of the molecule is O=C1CC(c2ccc(F)cc2F)c2c(nc(SCc3ccccc3Cl)[nH]c2=O)N1. The minimum atomic E-state index is -0.849. The van der Waals surface area contributed by atoms with Gasteiger partial charge in [-0.25, -0.2) is 13.8 Å². The Balaban J connectivity index is 1.69. The molecule has 3 aromatic rings. The highest BCUT2D eigenvalue weighted by atomic mass is 35.5. The largest absolute Gasteiger partial charge is 0.310 e. The second-order valence-electron chi connectivity index (χ2n) is 6.48. The maximum atomic E-state index is 14.3. The number of carbonyl (C=O) groups is 1. The molecule has 0 saturated carbocycles. The van der Waals surface area contributed by atoms with Crippen LogP contribution in [-0.2, 0) is 10.5 Å². The topological polar surface area (TPSA) is 74.8 Å². The van der Waals surface area contributed by atoms with E-state index in [0.717, 1.165) is 17.7 Å². The molecule has 0 bridgehead atoms. The molecule has 0 spiro atoms. The Bertz CT molecular complexity index is 1170. The number of nitrogens with one attached hydrogen (secondary N) is 2. The van der Waals surface area contributed by atoms with Crippen molar-refractivity contribution in [2.45, 2.75) is 23.2 Å². The maximum Gasteiger partial charge on any atom is 0.257 e. The molecule has 0 fully saturated rings. The third-order valence-corrected chi connectivity index (χ3v) is 5.88. The van der Waals surface area contributed by atoms with Crippen molar-refractivity contribution in [1.29, 1.82) is 0 Å². The number of rotatable bonds is 4. The summed E-state index contributed by atoms with van der Waals surface area (Å²) in [6, 6.07) is 10.4. The summed E-state index contributed by atoms with van der Waals surface area (Å²) in [5.41, 5.74) is 0.615. The van der Waals surface area contributed by atoms with Gasteiger partial charge in [-0.05, 0) is 23.3 Å². The van der Waals surface area contributed by atoms with Crippen LogP contribution in [0.4, 0.5) is 14.6 Å². The quantitative estimate of drug-likeness (QED) is 0.470. The lowest BCUT2D eigenvalue weighted by Gasteiger charge is -2.24. The molecule has 9 heteroatoms. The molecule has 1 amide bonds. The molecule has 1 aliphatic heterocycles. The number of aromatic nitrogens is 2. The van der Waals surface area contributed by atoms with Crippen LogP contribution in [0.5, 0.6) is 0 Å². The molecule has 0 aliphatic carbocycles. The molecule has 2 aromatic carbocycles. The summed E-state index contributed by atoms with van der Waals surface area (Å²) >= 11 is 7.40. The third-order valence-electron chi connectivity index (χ3n) is 4.59. The van der Waals surface area contributed by atoms with E-state index in [2.05, 4.69) is 15.3 Å². The van der Waals surface area contributed by atoms with Crippen molar-refractivity contribution in [2.24, 2.45) is 0 Å². The zero-order valence-corrected chi connectivity index (χ0v) is 16.4. The van der Waals surface area contributed by atoms with Crippen molar-refractivity contribution in [3.63, 3.8) is 0 Å². The van der Waals surface area contributed by atoms with Gasteiger partial charge in [-0.2, -0.15) is 0 Å². The first-order chi connectivity index (χ1) is 13.9. The van der Waals surface area contributed by atoms with E-state index < -0.39 is 29.0 Å². The summed E-state index contributed by atoms with van der Waals surface area (Å²) in [6.07, 6.45) is -0.133. The van der Waals surface area contributed by atoms with E-state index in [1.807, 2.05) is 18.2 Å². The van der Waals surface area contributed by atoms with Crippen LogP contribution in [0.1, 0.15) is 29.0 Å². The number of hydrogen-bond donors (Lipinski definition) is 2. The Morgan fingerprint density at radius 2 is 1.97 bits per heavy atom. The van der Waals surface area contributed by atoms with Gasteiger partial charge >= 0.3 is 0 Å². The van der Waals surface area contributed by atoms with Gasteiger partial charge in [-0.15, -0.1) is 0 Å². The predicted molar refractivity (Wildman–Crippen MR) is 107 cm³/mol. The summed E-state index contributed by atoms with van der Waals surface area (Å²) in [7, 11) is 0. The van der Waals surface area contributed by atoms with Gasteiger partial charge in [0.25, 0.3) is 5.56 Å². The maximum absolute atomic E-state index is 14.3.